The van der Waals surface area contributed by atoms with E-state index in [4.69, 9.17) is 15.0 Å². The minimum absolute atomic E-state index is 0. The topological polar surface area (TPSA) is 207 Å². The fraction of sp³-hybridized carbons (Fsp3) is 0.465. The van der Waals surface area contributed by atoms with Gasteiger partial charge in [-0.25, -0.2) is 9.97 Å². The summed E-state index contributed by atoms with van der Waals surface area (Å²) in [5.74, 6) is 5.42. The molecule has 64 heavy (non-hydrogen) atoms. The van der Waals surface area contributed by atoms with Crippen molar-refractivity contribution in [2.75, 3.05) is 12.5 Å². The molecule has 0 fully saturated rings. The van der Waals surface area contributed by atoms with E-state index >= 15 is 0 Å². The van der Waals surface area contributed by atoms with E-state index in [1.165, 1.54) is 24.0 Å². The number of carbonyl (C=O) groups excluding carboxylic acids is 1. The van der Waals surface area contributed by atoms with Crippen LogP contribution in [0.2, 0.25) is 0 Å². The van der Waals surface area contributed by atoms with Crippen LogP contribution in [0.3, 0.4) is 0 Å². The second-order valence-electron chi connectivity index (χ2n) is 14.7. The van der Waals surface area contributed by atoms with Crippen LogP contribution in [0.1, 0.15) is 109 Å². The Morgan fingerprint density at radius 3 is 1.45 bits per heavy atom. The lowest BCUT2D eigenvalue weighted by Gasteiger charge is -2.18. The molecule has 0 saturated heterocycles. The van der Waals surface area contributed by atoms with E-state index in [9.17, 15) is 30.0 Å². The monoisotopic (exact) mass is 935 g/mol. The number of halogens is 3. The van der Waals surface area contributed by atoms with E-state index in [0.29, 0.717) is 19.4 Å². The van der Waals surface area contributed by atoms with Crippen LogP contribution in [0.4, 0.5) is 13.2 Å². The fourth-order valence-electron chi connectivity index (χ4n) is 6.58. The van der Waals surface area contributed by atoms with Gasteiger partial charge in [0.2, 0.25) is 6.29 Å². The van der Waals surface area contributed by atoms with Gasteiger partial charge in [-0.1, -0.05) is 47.2 Å². The van der Waals surface area contributed by atoms with E-state index in [1.54, 1.807) is 32.1 Å². The molecular weight excluding hydrogens is 878 g/mol. The Kier molecular flexibility index (Phi) is 19.6. The lowest BCUT2D eigenvalue weighted by molar-refractivity contribution is -0.156. The third-order valence-corrected chi connectivity index (χ3v) is 11.6. The van der Waals surface area contributed by atoms with Gasteiger partial charge < -0.3 is 8.83 Å². The number of allylic oxidation sites excluding steroid dienone is 4. The van der Waals surface area contributed by atoms with Gasteiger partial charge in [-0.15, -0.1) is 24.0 Å². The maximum atomic E-state index is 10.4. The summed E-state index contributed by atoms with van der Waals surface area (Å²) in [5, 5.41) is 16.9. The Morgan fingerprint density at radius 1 is 0.781 bits per heavy atom. The summed E-state index contributed by atoms with van der Waals surface area (Å²) in [4.78, 5) is 18.0. The first-order chi connectivity index (χ1) is 30.3. The van der Waals surface area contributed by atoms with Gasteiger partial charge in [0.15, 0.2) is 11.3 Å². The van der Waals surface area contributed by atoms with Crippen LogP contribution in [0, 0.1) is 11.8 Å². The van der Waals surface area contributed by atoms with Crippen molar-refractivity contribution in [3.8, 4) is 0 Å². The molecule has 6 aromatic rings. The molecule has 0 aromatic carbocycles. The zero-order valence-corrected chi connectivity index (χ0v) is 37.4. The standard InChI is InChI=1S/2C18H20N4O.C2HF3O.C2H6O5S2.C2H6.CH4/c2*1-13-4-6-14(7-5-13)16-11-19-17(22-12-20-21-18(16)22)9-8-15-3-2-10-23-15;3-2(4,5)1-6;1-8(3,4)7-9(2,5)6;1-2;/h2*2-3,6,10-13H,4-5,7-9H2,1H3;1H;1-2H3;1-2H3;1H4/i;;;;1D;. The van der Waals surface area contributed by atoms with Crippen molar-refractivity contribution >= 4 is 49.0 Å². The van der Waals surface area contributed by atoms with Gasteiger partial charge in [0.25, 0.3) is 20.2 Å². The van der Waals surface area contributed by atoms with Crippen LogP contribution in [0.15, 0.2) is 82.8 Å². The number of alkyl halides is 3. The first-order valence-corrected chi connectivity index (χ1v) is 23.7. The van der Waals surface area contributed by atoms with Crippen molar-refractivity contribution in [1.82, 2.24) is 39.2 Å². The van der Waals surface area contributed by atoms with Gasteiger partial charge in [-0.05, 0) is 85.8 Å². The van der Waals surface area contributed by atoms with Gasteiger partial charge in [-0.3, -0.25) is 13.6 Å². The van der Waals surface area contributed by atoms with E-state index in [0.717, 1.165) is 109 Å². The predicted octanol–water partition coefficient (Wildman–Crippen LogP) is 8.74. The Hall–Kier alpha value is -5.54. The van der Waals surface area contributed by atoms with Crippen LogP contribution < -0.4 is 0 Å². The first-order valence-electron chi connectivity index (χ1n) is 20.7. The number of nitrogens with zero attached hydrogens (tertiary/aromatic N) is 8. The minimum Gasteiger partial charge on any atom is -0.469 e. The molecule has 21 heteroatoms. The Bertz CT molecular complexity index is 2490. The van der Waals surface area contributed by atoms with Crippen molar-refractivity contribution in [2.24, 2.45) is 11.8 Å². The molecule has 16 nitrogen and oxygen atoms in total. The van der Waals surface area contributed by atoms with Crippen molar-refractivity contribution < 1.29 is 48.6 Å². The summed E-state index contributed by atoms with van der Waals surface area (Å²) >= 11 is 0. The van der Waals surface area contributed by atoms with Crippen molar-refractivity contribution in [3.05, 3.63) is 108 Å². The van der Waals surface area contributed by atoms with Gasteiger partial charge >= 0.3 is 6.18 Å². The highest BCUT2D eigenvalue weighted by molar-refractivity contribution is 7.99. The predicted molar refractivity (Wildman–Crippen MR) is 237 cm³/mol. The summed E-state index contributed by atoms with van der Waals surface area (Å²) in [5.41, 5.74) is 6.77. The number of carbonyl (C=O) groups is 1. The Morgan fingerprint density at radius 2 is 1.17 bits per heavy atom. The average molecular weight is 936 g/mol. The summed E-state index contributed by atoms with van der Waals surface area (Å²) in [7, 11) is -7.74. The summed E-state index contributed by atoms with van der Waals surface area (Å²) in [6.07, 6.45) is 21.3. The lowest BCUT2D eigenvalue weighted by atomic mass is 9.88. The third-order valence-electron chi connectivity index (χ3n) is 9.59. The molecule has 0 aliphatic heterocycles. The van der Waals surface area contributed by atoms with Crippen molar-refractivity contribution in [1.29, 1.82) is 0 Å². The van der Waals surface area contributed by atoms with Crippen molar-refractivity contribution in [3.63, 3.8) is 0 Å². The van der Waals surface area contributed by atoms with Crippen LogP contribution in [-0.4, -0.2) is 81.0 Å². The molecule has 2 aliphatic rings. The zero-order chi connectivity index (χ0) is 46.9. The molecule has 0 radical (unpaired) electrons. The molecule has 0 N–H and O–H groups in total. The van der Waals surface area contributed by atoms with E-state index in [-0.39, 0.29) is 7.43 Å². The largest absolute Gasteiger partial charge is 0.469 e. The van der Waals surface area contributed by atoms with Crippen molar-refractivity contribution in [2.45, 2.75) is 105 Å². The zero-order valence-electron chi connectivity index (χ0n) is 36.7. The van der Waals surface area contributed by atoms with E-state index in [1.807, 2.05) is 45.5 Å². The van der Waals surface area contributed by atoms with Gasteiger partial charge in [0, 0.05) is 50.6 Å². The number of rotatable bonds is 10. The second-order valence-corrected chi connectivity index (χ2v) is 18.1. The first kappa shape index (κ1) is 51.1. The number of furan rings is 2. The highest BCUT2D eigenvalue weighted by atomic mass is 32.3. The molecule has 8 rings (SSSR count). The molecule has 0 bridgehead atoms. The van der Waals surface area contributed by atoms with Crippen LogP contribution in [0.5, 0.6) is 0 Å². The molecular formula is C43H57F3N8O8S2. The lowest BCUT2D eigenvalue weighted by Crippen LogP contribution is -2.09. The number of hydrogen-bond donors (Lipinski definition) is 0. The maximum absolute atomic E-state index is 10.4. The maximum Gasteiger partial charge on any atom is 0.446 e. The number of fused-ring (bicyclic) bond motifs is 2. The molecule has 0 amide bonds. The smallest absolute Gasteiger partial charge is 0.446 e. The number of hydrogen-bond acceptors (Lipinski definition) is 14. The number of aromatic nitrogens is 8. The van der Waals surface area contributed by atoms with Crippen LogP contribution in [0.25, 0.3) is 22.4 Å². The Balaban J connectivity index is 0.000000251. The molecule has 0 saturated carbocycles. The highest BCUT2D eigenvalue weighted by Crippen LogP contribution is 2.33. The summed E-state index contributed by atoms with van der Waals surface area (Å²) in [6, 6.07) is 7.81. The minimum atomic E-state index is -4.64. The summed E-state index contributed by atoms with van der Waals surface area (Å²) in [6.45, 7) is 6.89. The number of aryl methyl sites for hydroxylation is 4. The summed E-state index contributed by atoms with van der Waals surface area (Å²) < 4.78 is 96.0. The third kappa shape index (κ3) is 16.9. The normalized spacial score (nSPS) is 16.4. The van der Waals surface area contributed by atoms with Gasteiger partial charge in [-0.2, -0.15) is 30.0 Å². The van der Waals surface area contributed by atoms with Gasteiger partial charge in [0.05, 0.1) is 25.0 Å². The Labute approximate surface area is 373 Å². The average Bonchev–Trinajstić information content (AvgIpc) is 4.08. The highest BCUT2D eigenvalue weighted by Gasteiger charge is 2.25. The molecule has 2 atom stereocenters. The SMILES string of the molecule is C.CC1CC=C(c2cnc(CCc3ccco3)n3cnnc23)CC1.CC1CC=C(c2cnc(CCc3ccco3)n3cnnc23)CC1.CS(=O)(=O)OS(C)(=O)=O.O=CC(F)(F)F.[2H]CC. The van der Waals surface area contributed by atoms with Crippen LogP contribution in [-0.2, 0) is 54.3 Å². The molecule has 6 aromatic heterocycles. The van der Waals surface area contributed by atoms with E-state index < -0.39 is 32.7 Å². The molecule has 2 aliphatic carbocycles. The fourth-order valence-corrected chi connectivity index (χ4v) is 8.38. The quantitative estimate of drug-likeness (QED) is 0.118. The molecule has 0 spiro atoms. The van der Waals surface area contributed by atoms with E-state index in [2.05, 4.69) is 60.0 Å². The molecule has 6 heterocycles. The van der Waals surface area contributed by atoms with Crippen LogP contribution >= 0.6 is 0 Å². The molecule has 2 unspecified atom stereocenters. The second kappa shape index (κ2) is 24.5. The van der Waals surface area contributed by atoms with Gasteiger partial charge in [0.1, 0.15) is 35.8 Å². The molecule has 350 valence electrons. The number of aldehydes is 1.